The normalized spacial score (nSPS) is 19.8. The zero-order valence-corrected chi connectivity index (χ0v) is 11.4. The van der Waals surface area contributed by atoms with Crippen LogP contribution >= 0.6 is 23.2 Å². The summed E-state index contributed by atoms with van der Waals surface area (Å²) in [4.78, 5) is 11.9. The van der Waals surface area contributed by atoms with E-state index in [1.807, 2.05) is 0 Å². The van der Waals surface area contributed by atoms with Gasteiger partial charge in [-0.1, -0.05) is 23.2 Å². The molecule has 1 unspecified atom stereocenters. The number of nitrogens with one attached hydrogen (secondary N) is 1. The van der Waals surface area contributed by atoms with E-state index in [-0.39, 0.29) is 11.8 Å². The van der Waals surface area contributed by atoms with Crippen LogP contribution in [0.15, 0.2) is 18.2 Å². The van der Waals surface area contributed by atoms with E-state index in [0.717, 1.165) is 12.1 Å². The summed E-state index contributed by atoms with van der Waals surface area (Å²) < 4.78 is 5.31. The van der Waals surface area contributed by atoms with Gasteiger partial charge in [0.2, 0.25) is 0 Å². The van der Waals surface area contributed by atoms with Crippen LogP contribution in [0.1, 0.15) is 12.0 Å². The van der Waals surface area contributed by atoms with Crippen LogP contribution < -0.4 is 5.32 Å². The molecule has 18 heavy (non-hydrogen) atoms. The van der Waals surface area contributed by atoms with Crippen molar-refractivity contribution in [1.82, 2.24) is 5.32 Å². The van der Waals surface area contributed by atoms with Gasteiger partial charge in [-0.3, -0.25) is 4.79 Å². The maximum atomic E-state index is 11.9. The average molecular weight is 288 g/mol. The minimum absolute atomic E-state index is 0.115. The van der Waals surface area contributed by atoms with E-state index in [1.165, 1.54) is 0 Å². The Morgan fingerprint density at radius 3 is 3.00 bits per heavy atom. The fourth-order valence-electron chi connectivity index (χ4n) is 1.99. The Morgan fingerprint density at radius 2 is 2.28 bits per heavy atom. The first-order valence-corrected chi connectivity index (χ1v) is 6.67. The number of halogens is 2. The van der Waals surface area contributed by atoms with Gasteiger partial charge in [0.15, 0.2) is 0 Å². The molecular weight excluding hydrogens is 273 g/mol. The highest BCUT2D eigenvalue weighted by molar-refractivity contribution is 6.33. The third-order valence-electron chi connectivity index (χ3n) is 2.87. The van der Waals surface area contributed by atoms with Crippen molar-refractivity contribution < 1.29 is 9.53 Å². The van der Waals surface area contributed by atoms with E-state index in [4.69, 9.17) is 27.9 Å². The number of hydrogen-bond donors (Lipinski definition) is 1. The van der Waals surface area contributed by atoms with E-state index < -0.39 is 0 Å². The molecule has 0 bridgehead atoms. The standard InChI is InChI=1S/C13H15Cl2NO2/c14-10-1-2-13(15)9(5-10)6-12(17)7-11-8-18-4-3-16-11/h1-2,5,11,16H,3-4,6-8H2. The third kappa shape index (κ3) is 3.95. The smallest absolute Gasteiger partial charge is 0.138 e. The predicted octanol–water partition coefficient (Wildman–Crippen LogP) is 2.48. The van der Waals surface area contributed by atoms with Crippen molar-refractivity contribution in [3.8, 4) is 0 Å². The average Bonchev–Trinajstić information content (AvgIpc) is 2.35. The lowest BCUT2D eigenvalue weighted by molar-refractivity contribution is -0.119. The molecule has 0 aliphatic carbocycles. The Balaban J connectivity index is 1.92. The van der Waals surface area contributed by atoms with E-state index in [2.05, 4.69) is 5.32 Å². The maximum absolute atomic E-state index is 11.9. The van der Waals surface area contributed by atoms with Gasteiger partial charge in [-0.2, -0.15) is 0 Å². The second-order valence-corrected chi connectivity index (χ2v) is 5.22. The van der Waals surface area contributed by atoms with Crippen LogP contribution in [0.25, 0.3) is 0 Å². The predicted molar refractivity (Wildman–Crippen MR) is 72.4 cm³/mol. The Morgan fingerprint density at radius 1 is 1.44 bits per heavy atom. The minimum atomic E-state index is 0.115. The lowest BCUT2D eigenvalue weighted by Gasteiger charge is -2.23. The summed E-state index contributed by atoms with van der Waals surface area (Å²) in [7, 11) is 0. The number of hydrogen-bond acceptors (Lipinski definition) is 3. The molecule has 5 heteroatoms. The van der Waals surface area contributed by atoms with Crippen molar-refractivity contribution in [2.24, 2.45) is 0 Å². The van der Waals surface area contributed by atoms with Crippen molar-refractivity contribution in [2.45, 2.75) is 18.9 Å². The SMILES string of the molecule is O=C(Cc1cc(Cl)ccc1Cl)CC1COCCN1. The first-order valence-electron chi connectivity index (χ1n) is 5.92. The molecule has 1 saturated heterocycles. The fraction of sp³-hybridized carbons (Fsp3) is 0.462. The molecule has 1 aliphatic heterocycles. The molecule has 0 amide bonds. The molecule has 2 rings (SSSR count). The first-order chi connectivity index (χ1) is 8.65. The molecule has 1 aromatic carbocycles. The summed E-state index contributed by atoms with van der Waals surface area (Å²) >= 11 is 11.9. The second-order valence-electron chi connectivity index (χ2n) is 4.38. The number of carbonyl (C=O) groups excluding carboxylic acids is 1. The van der Waals surface area contributed by atoms with Gasteiger partial charge in [0.05, 0.1) is 13.2 Å². The van der Waals surface area contributed by atoms with Gasteiger partial charge in [-0.05, 0) is 23.8 Å². The molecule has 3 nitrogen and oxygen atoms in total. The van der Waals surface area contributed by atoms with Crippen LogP contribution in [0, 0.1) is 0 Å². The van der Waals surface area contributed by atoms with E-state index >= 15 is 0 Å². The molecule has 0 saturated carbocycles. The minimum Gasteiger partial charge on any atom is -0.379 e. The largest absolute Gasteiger partial charge is 0.379 e. The summed E-state index contributed by atoms with van der Waals surface area (Å²) in [5, 5.41) is 4.44. The number of carbonyl (C=O) groups is 1. The van der Waals surface area contributed by atoms with Crippen LogP contribution in [-0.2, 0) is 16.0 Å². The quantitative estimate of drug-likeness (QED) is 0.925. The van der Waals surface area contributed by atoms with Crippen molar-refractivity contribution in [3.05, 3.63) is 33.8 Å². The molecule has 0 spiro atoms. The van der Waals surface area contributed by atoms with Crippen molar-refractivity contribution >= 4 is 29.0 Å². The fourth-order valence-corrected chi connectivity index (χ4v) is 2.37. The summed E-state index contributed by atoms with van der Waals surface area (Å²) in [6, 6.07) is 5.29. The van der Waals surface area contributed by atoms with Crippen LogP contribution in [0.4, 0.5) is 0 Å². The highest BCUT2D eigenvalue weighted by Crippen LogP contribution is 2.21. The van der Waals surface area contributed by atoms with Crippen LogP contribution in [0.2, 0.25) is 10.0 Å². The number of morpholine rings is 1. The Bertz CT molecular complexity index is 431. The second kappa shape index (κ2) is 6.53. The molecule has 0 radical (unpaired) electrons. The zero-order valence-electron chi connectivity index (χ0n) is 9.92. The van der Waals surface area contributed by atoms with Crippen LogP contribution in [0.3, 0.4) is 0 Å². The maximum Gasteiger partial charge on any atom is 0.138 e. The molecule has 1 aromatic rings. The lowest BCUT2D eigenvalue weighted by Crippen LogP contribution is -2.42. The number of ether oxygens (including phenoxy) is 1. The molecule has 1 N–H and O–H groups in total. The number of Topliss-reactive ketones (excluding diaryl/α,β-unsaturated/α-hetero) is 1. The zero-order chi connectivity index (χ0) is 13.0. The first kappa shape index (κ1) is 13.8. The molecule has 98 valence electrons. The summed E-state index contributed by atoms with van der Waals surface area (Å²) in [5.41, 5.74) is 0.783. The van der Waals surface area contributed by atoms with Gasteiger partial charge in [0, 0.05) is 35.5 Å². The molecular formula is C13H15Cl2NO2. The topological polar surface area (TPSA) is 38.3 Å². The van der Waals surface area contributed by atoms with E-state index in [0.29, 0.717) is 36.1 Å². The Labute approximate surface area is 116 Å². The Kier molecular flexibility index (Phi) is 5.01. The molecule has 1 fully saturated rings. The number of benzene rings is 1. The highest BCUT2D eigenvalue weighted by atomic mass is 35.5. The van der Waals surface area contributed by atoms with Gasteiger partial charge in [-0.25, -0.2) is 0 Å². The number of ketones is 1. The van der Waals surface area contributed by atoms with Crippen molar-refractivity contribution in [3.63, 3.8) is 0 Å². The van der Waals surface area contributed by atoms with Crippen molar-refractivity contribution in [1.29, 1.82) is 0 Å². The monoisotopic (exact) mass is 287 g/mol. The summed E-state index contributed by atoms with van der Waals surface area (Å²) in [6.07, 6.45) is 0.778. The van der Waals surface area contributed by atoms with Crippen molar-refractivity contribution in [2.75, 3.05) is 19.8 Å². The Hall–Kier alpha value is -0.610. The third-order valence-corrected chi connectivity index (χ3v) is 3.47. The van der Waals surface area contributed by atoms with Gasteiger partial charge < -0.3 is 10.1 Å². The van der Waals surface area contributed by atoms with E-state index in [1.54, 1.807) is 18.2 Å². The summed E-state index contributed by atoms with van der Waals surface area (Å²) in [6.45, 7) is 2.11. The molecule has 0 aromatic heterocycles. The van der Waals surface area contributed by atoms with E-state index in [9.17, 15) is 4.79 Å². The van der Waals surface area contributed by atoms with Gasteiger partial charge >= 0.3 is 0 Å². The lowest BCUT2D eigenvalue weighted by atomic mass is 10.0. The van der Waals surface area contributed by atoms with Crippen LogP contribution in [-0.4, -0.2) is 31.6 Å². The molecule has 1 aliphatic rings. The van der Waals surface area contributed by atoms with Gasteiger partial charge in [0.1, 0.15) is 5.78 Å². The van der Waals surface area contributed by atoms with Gasteiger partial charge in [-0.15, -0.1) is 0 Å². The summed E-state index contributed by atoms with van der Waals surface area (Å²) in [5.74, 6) is 0.141. The molecule has 1 heterocycles. The highest BCUT2D eigenvalue weighted by Gasteiger charge is 2.17. The molecule has 1 atom stereocenters. The van der Waals surface area contributed by atoms with Crippen LogP contribution in [0.5, 0.6) is 0 Å². The number of rotatable bonds is 4. The van der Waals surface area contributed by atoms with Gasteiger partial charge in [0.25, 0.3) is 0 Å².